The SMILES string of the molecule is [Cl][Zn][Cl].[c-]1ccccc1.[c-]1ccccc1. The molecule has 0 atom stereocenters. The number of hydrogen-bond acceptors (Lipinski definition) is 0. The van der Waals surface area contributed by atoms with E-state index in [0.717, 1.165) is 0 Å². The molecule has 0 radical (unpaired) electrons. The predicted molar refractivity (Wildman–Crippen MR) is 62.3 cm³/mol. The molecule has 0 saturated carbocycles. The summed E-state index contributed by atoms with van der Waals surface area (Å²) in [6.07, 6.45) is 0. The van der Waals surface area contributed by atoms with Crippen molar-refractivity contribution >= 4 is 19.4 Å². The summed E-state index contributed by atoms with van der Waals surface area (Å²) in [7, 11) is 9.90. The predicted octanol–water partition coefficient (Wildman–Crippen LogP) is 4.35. The maximum atomic E-state index is 4.95. The van der Waals surface area contributed by atoms with E-state index in [0.29, 0.717) is 0 Å². The van der Waals surface area contributed by atoms with Gasteiger partial charge in [0.25, 0.3) is 0 Å². The van der Waals surface area contributed by atoms with E-state index in [-0.39, 0.29) is 0 Å². The quantitative estimate of drug-likeness (QED) is 0.500. The van der Waals surface area contributed by atoms with Crippen molar-refractivity contribution in [1.82, 2.24) is 0 Å². The van der Waals surface area contributed by atoms with Crippen molar-refractivity contribution < 1.29 is 15.1 Å². The van der Waals surface area contributed by atoms with E-state index in [2.05, 4.69) is 12.1 Å². The van der Waals surface area contributed by atoms with Crippen LogP contribution in [0.4, 0.5) is 0 Å². The van der Waals surface area contributed by atoms with Crippen molar-refractivity contribution in [3.8, 4) is 0 Å². The normalized spacial score (nSPS) is 7.07. The molecule has 0 aliphatic heterocycles. The summed E-state index contributed by atoms with van der Waals surface area (Å²) in [6.45, 7) is 0. The second-order valence-corrected chi connectivity index (χ2v) is 6.88. The molecule has 3 heteroatoms. The van der Waals surface area contributed by atoms with Crippen LogP contribution in [0.3, 0.4) is 0 Å². The first-order chi connectivity index (χ1) is 7.41. The van der Waals surface area contributed by atoms with Gasteiger partial charge in [-0.05, 0) is 0 Å². The van der Waals surface area contributed by atoms with Gasteiger partial charge in [-0.2, -0.15) is 72.8 Å². The number of benzene rings is 2. The van der Waals surface area contributed by atoms with Crippen LogP contribution in [0, 0.1) is 12.1 Å². The Morgan fingerprint density at radius 1 is 0.600 bits per heavy atom. The molecule has 0 bridgehead atoms. The van der Waals surface area contributed by atoms with E-state index in [9.17, 15) is 0 Å². The van der Waals surface area contributed by atoms with E-state index >= 15 is 0 Å². The fourth-order valence-electron chi connectivity index (χ4n) is 0.684. The van der Waals surface area contributed by atoms with Crippen LogP contribution in [-0.4, -0.2) is 0 Å². The summed E-state index contributed by atoms with van der Waals surface area (Å²) in [5.74, 6) is 0. The molecule has 0 unspecified atom stereocenters. The van der Waals surface area contributed by atoms with Crippen molar-refractivity contribution in [2.75, 3.05) is 0 Å². The van der Waals surface area contributed by atoms with Gasteiger partial charge in [0, 0.05) is 0 Å². The van der Waals surface area contributed by atoms with E-state index in [1.807, 2.05) is 60.7 Å². The third-order valence-electron chi connectivity index (χ3n) is 1.21. The molecule has 0 fully saturated rings. The summed E-state index contributed by atoms with van der Waals surface area (Å²) >= 11 is -0.931. The van der Waals surface area contributed by atoms with Crippen LogP contribution in [0.2, 0.25) is 0 Å². The van der Waals surface area contributed by atoms with Crippen molar-refractivity contribution in [2.45, 2.75) is 0 Å². The molecule has 0 amide bonds. The minimum Gasteiger partial charge on any atom is -0.184 e. The van der Waals surface area contributed by atoms with Gasteiger partial charge >= 0.3 is 34.5 Å². The molecular formula is C12H10Cl2Zn-2. The first-order valence-electron chi connectivity index (χ1n) is 4.36. The third-order valence-corrected chi connectivity index (χ3v) is 1.21. The number of rotatable bonds is 0. The van der Waals surface area contributed by atoms with Gasteiger partial charge in [0.05, 0.1) is 0 Å². The summed E-state index contributed by atoms with van der Waals surface area (Å²) in [5, 5.41) is 0. The Morgan fingerprint density at radius 3 is 0.933 bits per heavy atom. The van der Waals surface area contributed by atoms with Gasteiger partial charge in [-0.3, -0.25) is 0 Å². The van der Waals surface area contributed by atoms with Gasteiger partial charge in [-0.15, -0.1) is 0 Å². The van der Waals surface area contributed by atoms with E-state index in [1.165, 1.54) is 0 Å². The molecule has 0 nitrogen and oxygen atoms in total. The van der Waals surface area contributed by atoms with Crippen molar-refractivity contribution in [2.24, 2.45) is 0 Å². The van der Waals surface area contributed by atoms with Crippen LogP contribution in [0.25, 0.3) is 0 Å². The Kier molecular flexibility index (Phi) is 13.3. The largest absolute Gasteiger partial charge is 0.184 e. The average Bonchev–Trinajstić information content (AvgIpc) is 2.35. The van der Waals surface area contributed by atoms with Gasteiger partial charge in [0.15, 0.2) is 0 Å². The van der Waals surface area contributed by atoms with Gasteiger partial charge in [-0.1, -0.05) is 0 Å². The third kappa shape index (κ3) is 13.6. The second kappa shape index (κ2) is 13.6. The Bertz CT molecular complexity index is 202. The van der Waals surface area contributed by atoms with Crippen molar-refractivity contribution in [3.05, 3.63) is 72.8 Å². The smallest absolute Gasteiger partial charge is 0.171 e. The molecule has 76 valence electrons. The molecule has 2 aromatic rings. The van der Waals surface area contributed by atoms with Crippen LogP contribution >= 0.6 is 19.4 Å². The van der Waals surface area contributed by atoms with E-state index in [1.54, 1.807) is 0 Å². The zero-order valence-electron chi connectivity index (χ0n) is 8.24. The molecular weight excluding hydrogens is 280 g/mol. The monoisotopic (exact) mass is 288 g/mol. The molecule has 0 spiro atoms. The van der Waals surface area contributed by atoms with Crippen molar-refractivity contribution in [1.29, 1.82) is 0 Å². The van der Waals surface area contributed by atoms with Crippen molar-refractivity contribution in [3.63, 3.8) is 0 Å². The molecule has 0 aliphatic carbocycles. The summed E-state index contributed by atoms with van der Waals surface area (Å²) in [4.78, 5) is 0. The van der Waals surface area contributed by atoms with Gasteiger partial charge in [-0.25, -0.2) is 0 Å². The van der Waals surface area contributed by atoms with E-state index < -0.39 is 15.1 Å². The fraction of sp³-hybridized carbons (Fsp3) is 0. The molecule has 2 rings (SSSR count). The summed E-state index contributed by atoms with van der Waals surface area (Å²) < 4.78 is 0. The molecule has 0 aromatic heterocycles. The standard InChI is InChI=1S/2C6H5.2ClH.Zn/c2*1-2-4-6-5-3-1;;;/h2*1-5H;2*1H;/q2*-1;;;+2/p-2. The Morgan fingerprint density at radius 2 is 0.867 bits per heavy atom. The topological polar surface area (TPSA) is 0 Å². The minimum absolute atomic E-state index is 0.931. The molecule has 0 aliphatic rings. The first-order valence-corrected chi connectivity index (χ1v) is 12.2. The zero-order valence-corrected chi connectivity index (χ0v) is 12.7. The Labute approximate surface area is 107 Å². The molecule has 2 aromatic carbocycles. The van der Waals surface area contributed by atoms with E-state index in [4.69, 9.17) is 19.4 Å². The maximum Gasteiger partial charge on any atom is -0.171 e. The Hall–Kier alpha value is -0.357. The minimum atomic E-state index is -0.931. The second-order valence-electron chi connectivity index (χ2n) is 2.26. The van der Waals surface area contributed by atoms with Crippen LogP contribution < -0.4 is 0 Å². The summed E-state index contributed by atoms with van der Waals surface area (Å²) in [5.41, 5.74) is 0. The molecule has 0 N–H and O–H groups in total. The van der Waals surface area contributed by atoms with Gasteiger partial charge in [0.2, 0.25) is 0 Å². The molecule has 0 saturated heterocycles. The zero-order chi connectivity index (χ0) is 11.2. The first kappa shape index (κ1) is 14.6. The number of hydrogen-bond donors (Lipinski definition) is 0. The molecule has 15 heavy (non-hydrogen) atoms. The van der Waals surface area contributed by atoms with Crippen LogP contribution in [0.5, 0.6) is 0 Å². The van der Waals surface area contributed by atoms with Crippen LogP contribution in [-0.2, 0) is 15.1 Å². The summed E-state index contributed by atoms with van der Waals surface area (Å²) in [6, 6.07) is 25.0. The maximum absolute atomic E-state index is 4.95. The Balaban J connectivity index is 0.000000210. The number of halogens is 2. The van der Waals surface area contributed by atoms with Crippen LogP contribution in [0.15, 0.2) is 60.7 Å². The fourth-order valence-corrected chi connectivity index (χ4v) is 0.684. The van der Waals surface area contributed by atoms with Gasteiger partial charge in [0.1, 0.15) is 0 Å². The average molecular weight is 291 g/mol. The van der Waals surface area contributed by atoms with Gasteiger partial charge < -0.3 is 0 Å². The molecule has 0 heterocycles. The van der Waals surface area contributed by atoms with Crippen LogP contribution in [0.1, 0.15) is 0 Å².